The van der Waals surface area contributed by atoms with Crippen molar-refractivity contribution in [3.63, 3.8) is 0 Å². The summed E-state index contributed by atoms with van der Waals surface area (Å²) in [5, 5.41) is 64.4. The highest BCUT2D eigenvalue weighted by Gasteiger charge is 2.32. The Balaban J connectivity index is 2.15. The molecule has 148 valence electrons. The third kappa shape index (κ3) is 2.24. The Morgan fingerprint density at radius 2 is 0.567 bits per heavy atom. The van der Waals surface area contributed by atoms with E-state index in [-0.39, 0.29) is 67.9 Å². The van der Waals surface area contributed by atoms with Crippen LogP contribution in [0.4, 0.5) is 0 Å². The van der Waals surface area contributed by atoms with Gasteiger partial charge in [0.05, 0.1) is 0 Å². The predicted molar refractivity (Wildman–Crippen MR) is 112 cm³/mol. The first-order valence-electron chi connectivity index (χ1n) is 9.15. The average molecular weight is 400 g/mol. The lowest BCUT2D eigenvalue weighted by molar-refractivity contribution is 0.454. The number of aromatic hydroxyl groups is 6. The fourth-order valence-electron chi connectivity index (χ4n) is 4.23. The molecule has 5 rings (SSSR count). The summed E-state index contributed by atoms with van der Waals surface area (Å²) in [7, 11) is 0. The molecule has 0 aliphatic heterocycles. The molecule has 0 heterocycles. The van der Waals surface area contributed by atoms with Gasteiger partial charge in [0.1, 0.15) is 34.5 Å². The van der Waals surface area contributed by atoms with Crippen LogP contribution in [0.2, 0.25) is 0 Å². The van der Waals surface area contributed by atoms with Gasteiger partial charge < -0.3 is 30.6 Å². The molecule has 0 bridgehead atoms. The lowest BCUT2D eigenvalue weighted by Gasteiger charge is -2.26. The van der Waals surface area contributed by atoms with Crippen LogP contribution in [0.3, 0.4) is 0 Å². The Morgan fingerprint density at radius 3 is 0.900 bits per heavy atom. The van der Waals surface area contributed by atoms with E-state index in [4.69, 9.17) is 0 Å². The largest absolute Gasteiger partial charge is 0.507 e. The number of fused-ring (bicyclic) bond motifs is 8. The van der Waals surface area contributed by atoms with Crippen molar-refractivity contribution in [3.05, 3.63) is 60.7 Å². The monoisotopic (exact) mass is 400 g/mol. The second kappa shape index (κ2) is 6.09. The van der Waals surface area contributed by atoms with Crippen molar-refractivity contribution in [1.29, 1.82) is 0 Å². The van der Waals surface area contributed by atoms with E-state index in [1.54, 1.807) is 24.3 Å². The van der Waals surface area contributed by atoms with Crippen molar-refractivity contribution in [1.82, 2.24) is 0 Å². The molecule has 6 N–H and O–H groups in total. The minimum atomic E-state index is -0.280. The van der Waals surface area contributed by atoms with Crippen LogP contribution in [-0.4, -0.2) is 30.6 Å². The second-order valence-corrected chi connectivity index (χ2v) is 7.11. The molecule has 0 saturated carbocycles. The molecule has 1 aliphatic carbocycles. The fourth-order valence-corrected chi connectivity index (χ4v) is 4.23. The Labute approximate surface area is 170 Å². The van der Waals surface area contributed by atoms with E-state index in [0.717, 1.165) is 0 Å². The van der Waals surface area contributed by atoms with Crippen molar-refractivity contribution < 1.29 is 30.6 Å². The maximum absolute atomic E-state index is 10.7. The first-order chi connectivity index (χ1) is 14.4. The summed E-state index contributed by atoms with van der Waals surface area (Å²) >= 11 is 0. The van der Waals surface area contributed by atoms with Gasteiger partial charge in [0.15, 0.2) is 0 Å². The number of hydrogen-bond acceptors (Lipinski definition) is 6. The molecule has 0 amide bonds. The van der Waals surface area contributed by atoms with Gasteiger partial charge in [-0.3, -0.25) is 0 Å². The molecule has 0 radical (unpaired) electrons. The number of benzene rings is 4. The fraction of sp³-hybridized carbons (Fsp3) is 0. The summed E-state index contributed by atoms with van der Waals surface area (Å²) in [5.41, 5.74) is 1.62. The SMILES string of the molecule is Oc1cccc2c1-c1c(O)ccc(O)c1-c1c(O)ccc(O)c1-c1c(O)cccc1-2. The molecule has 0 spiro atoms. The number of rotatable bonds is 0. The Kier molecular flexibility index (Phi) is 3.60. The van der Waals surface area contributed by atoms with Crippen molar-refractivity contribution in [3.8, 4) is 79.0 Å². The lowest BCUT2D eigenvalue weighted by atomic mass is 9.79. The van der Waals surface area contributed by atoms with Crippen LogP contribution in [-0.2, 0) is 0 Å². The molecule has 30 heavy (non-hydrogen) atoms. The summed E-state index contributed by atoms with van der Waals surface area (Å²) in [6.07, 6.45) is 0. The minimum Gasteiger partial charge on any atom is -0.507 e. The molecular formula is C24H16O6. The van der Waals surface area contributed by atoms with E-state index in [1.807, 2.05) is 0 Å². The molecule has 6 nitrogen and oxygen atoms in total. The highest BCUT2D eigenvalue weighted by molar-refractivity contribution is 6.10. The van der Waals surface area contributed by atoms with E-state index in [9.17, 15) is 30.6 Å². The van der Waals surface area contributed by atoms with E-state index in [2.05, 4.69) is 0 Å². The molecule has 4 aromatic rings. The lowest BCUT2D eigenvalue weighted by Crippen LogP contribution is -1.99. The molecule has 0 saturated heterocycles. The van der Waals surface area contributed by atoms with Gasteiger partial charge in [-0.1, -0.05) is 24.3 Å². The Bertz CT molecular complexity index is 1250. The van der Waals surface area contributed by atoms with Gasteiger partial charge in [-0.05, 0) is 47.5 Å². The van der Waals surface area contributed by atoms with Gasteiger partial charge in [0.25, 0.3) is 0 Å². The summed E-state index contributed by atoms with van der Waals surface area (Å²) in [5.74, 6) is -1.35. The third-order valence-corrected chi connectivity index (χ3v) is 5.45. The molecule has 0 atom stereocenters. The summed E-state index contributed by atoms with van der Waals surface area (Å²) < 4.78 is 0. The van der Waals surface area contributed by atoms with Crippen LogP contribution >= 0.6 is 0 Å². The molecular weight excluding hydrogens is 384 g/mol. The summed E-state index contributed by atoms with van der Waals surface area (Å²) in [6, 6.07) is 14.6. The smallest absolute Gasteiger partial charge is 0.124 e. The highest BCUT2D eigenvalue weighted by Crippen LogP contribution is 2.59. The quantitative estimate of drug-likeness (QED) is 0.206. The molecule has 0 aromatic heterocycles. The third-order valence-electron chi connectivity index (χ3n) is 5.45. The van der Waals surface area contributed by atoms with Crippen LogP contribution < -0.4 is 0 Å². The maximum Gasteiger partial charge on any atom is 0.124 e. The second-order valence-electron chi connectivity index (χ2n) is 7.11. The van der Waals surface area contributed by atoms with Crippen LogP contribution in [0.15, 0.2) is 60.7 Å². The van der Waals surface area contributed by atoms with Crippen molar-refractivity contribution in [2.45, 2.75) is 0 Å². The van der Waals surface area contributed by atoms with Gasteiger partial charge in [-0.15, -0.1) is 0 Å². The van der Waals surface area contributed by atoms with Gasteiger partial charge >= 0.3 is 0 Å². The zero-order chi connectivity index (χ0) is 21.2. The van der Waals surface area contributed by atoms with E-state index < -0.39 is 0 Å². The van der Waals surface area contributed by atoms with E-state index in [0.29, 0.717) is 11.1 Å². The number of phenolic OH excluding ortho intramolecular Hbond substituents is 6. The van der Waals surface area contributed by atoms with E-state index >= 15 is 0 Å². The van der Waals surface area contributed by atoms with Crippen LogP contribution in [0.25, 0.3) is 44.5 Å². The zero-order valence-corrected chi connectivity index (χ0v) is 15.5. The van der Waals surface area contributed by atoms with Crippen molar-refractivity contribution >= 4 is 0 Å². The molecule has 4 aromatic carbocycles. The molecule has 6 heteroatoms. The van der Waals surface area contributed by atoms with Gasteiger partial charge in [-0.25, -0.2) is 0 Å². The maximum atomic E-state index is 10.7. The predicted octanol–water partition coefficient (Wildman–Crippen LogP) is 4.90. The van der Waals surface area contributed by atoms with Gasteiger partial charge in [-0.2, -0.15) is 0 Å². The van der Waals surface area contributed by atoms with Crippen LogP contribution in [0, 0.1) is 0 Å². The topological polar surface area (TPSA) is 121 Å². The first-order valence-corrected chi connectivity index (χ1v) is 9.15. The molecule has 0 unspecified atom stereocenters. The van der Waals surface area contributed by atoms with Crippen LogP contribution in [0.1, 0.15) is 0 Å². The van der Waals surface area contributed by atoms with Crippen LogP contribution in [0.5, 0.6) is 34.5 Å². The number of phenols is 6. The normalized spacial score (nSPS) is 11.5. The van der Waals surface area contributed by atoms with E-state index in [1.165, 1.54) is 36.4 Å². The van der Waals surface area contributed by atoms with Crippen molar-refractivity contribution in [2.75, 3.05) is 0 Å². The van der Waals surface area contributed by atoms with Gasteiger partial charge in [0, 0.05) is 33.4 Å². The zero-order valence-electron chi connectivity index (χ0n) is 15.5. The first kappa shape index (κ1) is 17.8. The minimum absolute atomic E-state index is 0.0232. The average Bonchev–Trinajstić information content (AvgIpc) is 2.71. The number of hydrogen-bond donors (Lipinski definition) is 6. The Hall–Kier alpha value is -4.32. The Morgan fingerprint density at radius 1 is 0.300 bits per heavy atom. The summed E-state index contributed by atoms with van der Waals surface area (Å²) in [6.45, 7) is 0. The molecule has 1 aliphatic rings. The standard InChI is InChI=1S/C24H16O6/c25-13-5-1-3-11-12-4-2-6-14(26)20(12)22-16(28)8-10-18(30)24(22)23-17(29)9-7-15(27)21(23)19(11)13/h1-10,25-30H. The summed E-state index contributed by atoms with van der Waals surface area (Å²) in [4.78, 5) is 0. The van der Waals surface area contributed by atoms with Crippen molar-refractivity contribution in [2.24, 2.45) is 0 Å². The highest BCUT2D eigenvalue weighted by atomic mass is 16.3. The van der Waals surface area contributed by atoms with Gasteiger partial charge in [0.2, 0.25) is 0 Å². The molecule has 0 fully saturated rings.